The van der Waals surface area contributed by atoms with Crippen molar-refractivity contribution in [3.05, 3.63) is 5.82 Å². The van der Waals surface area contributed by atoms with Crippen LogP contribution in [-0.2, 0) is 9.53 Å². The van der Waals surface area contributed by atoms with E-state index in [0.29, 0.717) is 13.1 Å². The highest BCUT2D eigenvalue weighted by Crippen LogP contribution is 2.18. The Labute approximate surface area is 116 Å². The number of rotatable bonds is 4. The van der Waals surface area contributed by atoms with E-state index >= 15 is 0 Å². The fourth-order valence-corrected chi connectivity index (χ4v) is 2.74. The standard InChI is InChI=1S/C11H19N5O2S/c1-8-13-11(19-14-8)16-5-3-15(4-6-16)10(17)9(12)7-18-2/h9H,3-7,12H2,1-2H3. The minimum absolute atomic E-state index is 0.0463. The average Bonchev–Trinajstić information content (AvgIpc) is 2.85. The summed E-state index contributed by atoms with van der Waals surface area (Å²) in [6.45, 7) is 4.99. The van der Waals surface area contributed by atoms with Crippen molar-refractivity contribution >= 4 is 22.6 Å². The van der Waals surface area contributed by atoms with Gasteiger partial charge in [0.1, 0.15) is 11.9 Å². The molecule has 1 aliphatic rings. The van der Waals surface area contributed by atoms with Crippen LogP contribution in [0.1, 0.15) is 5.82 Å². The molecular weight excluding hydrogens is 266 g/mol. The van der Waals surface area contributed by atoms with Crippen molar-refractivity contribution in [2.45, 2.75) is 13.0 Å². The normalized spacial score (nSPS) is 17.6. The highest BCUT2D eigenvalue weighted by Gasteiger charge is 2.26. The summed E-state index contributed by atoms with van der Waals surface area (Å²) in [4.78, 5) is 20.3. The summed E-state index contributed by atoms with van der Waals surface area (Å²) >= 11 is 1.40. The van der Waals surface area contributed by atoms with Gasteiger partial charge in [-0.1, -0.05) is 0 Å². The quantitative estimate of drug-likeness (QED) is 0.800. The summed E-state index contributed by atoms with van der Waals surface area (Å²) in [5.41, 5.74) is 5.76. The van der Waals surface area contributed by atoms with E-state index in [1.54, 1.807) is 12.0 Å². The zero-order valence-electron chi connectivity index (χ0n) is 11.2. The first-order valence-electron chi connectivity index (χ1n) is 6.20. The van der Waals surface area contributed by atoms with Gasteiger partial charge >= 0.3 is 0 Å². The number of hydrogen-bond acceptors (Lipinski definition) is 7. The number of carbonyl (C=O) groups is 1. The summed E-state index contributed by atoms with van der Waals surface area (Å²) in [5, 5.41) is 0.922. The lowest BCUT2D eigenvalue weighted by molar-refractivity contribution is -0.134. The predicted molar refractivity (Wildman–Crippen MR) is 73.3 cm³/mol. The number of carbonyl (C=O) groups excluding carboxylic acids is 1. The Kier molecular flexibility index (Phi) is 4.67. The second-order valence-corrected chi connectivity index (χ2v) is 5.23. The maximum Gasteiger partial charge on any atom is 0.241 e. The first-order chi connectivity index (χ1) is 9.11. The molecule has 2 rings (SSSR count). The smallest absolute Gasteiger partial charge is 0.241 e. The number of amides is 1. The van der Waals surface area contributed by atoms with Crippen molar-refractivity contribution in [3.8, 4) is 0 Å². The SMILES string of the molecule is COCC(N)C(=O)N1CCN(c2nc(C)ns2)CC1. The minimum Gasteiger partial charge on any atom is -0.383 e. The lowest BCUT2D eigenvalue weighted by Crippen LogP contribution is -2.54. The molecule has 0 spiro atoms. The highest BCUT2D eigenvalue weighted by molar-refractivity contribution is 7.09. The van der Waals surface area contributed by atoms with Gasteiger partial charge in [0.25, 0.3) is 0 Å². The lowest BCUT2D eigenvalue weighted by atomic mass is 10.2. The van der Waals surface area contributed by atoms with E-state index in [1.165, 1.54) is 11.5 Å². The number of aryl methyl sites for hydroxylation is 1. The van der Waals surface area contributed by atoms with Gasteiger partial charge in [-0.25, -0.2) is 4.98 Å². The monoisotopic (exact) mass is 285 g/mol. The Morgan fingerprint density at radius 1 is 1.47 bits per heavy atom. The maximum absolute atomic E-state index is 12.0. The third-order valence-corrected chi connectivity index (χ3v) is 3.91. The largest absolute Gasteiger partial charge is 0.383 e. The molecule has 19 heavy (non-hydrogen) atoms. The molecule has 1 fully saturated rings. The van der Waals surface area contributed by atoms with Gasteiger partial charge in [0.05, 0.1) is 6.61 Å². The Bertz CT molecular complexity index is 430. The van der Waals surface area contributed by atoms with Crippen molar-refractivity contribution in [1.29, 1.82) is 0 Å². The number of hydrogen-bond donors (Lipinski definition) is 1. The van der Waals surface area contributed by atoms with Crippen LogP contribution < -0.4 is 10.6 Å². The molecular formula is C11H19N5O2S. The molecule has 1 saturated heterocycles. The van der Waals surface area contributed by atoms with Crippen LogP contribution in [0.5, 0.6) is 0 Å². The molecule has 0 aliphatic carbocycles. The molecule has 1 atom stereocenters. The number of nitrogens with two attached hydrogens (primary N) is 1. The van der Waals surface area contributed by atoms with E-state index in [9.17, 15) is 4.79 Å². The zero-order chi connectivity index (χ0) is 13.8. The van der Waals surface area contributed by atoms with Crippen LogP contribution in [0.25, 0.3) is 0 Å². The fourth-order valence-electron chi connectivity index (χ4n) is 2.02. The fraction of sp³-hybridized carbons (Fsp3) is 0.727. The van der Waals surface area contributed by atoms with E-state index in [0.717, 1.165) is 24.0 Å². The van der Waals surface area contributed by atoms with Gasteiger partial charge in [0, 0.05) is 44.8 Å². The Balaban J connectivity index is 1.87. The molecule has 2 N–H and O–H groups in total. The van der Waals surface area contributed by atoms with Crippen LogP contribution in [0.2, 0.25) is 0 Å². The van der Waals surface area contributed by atoms with Crippen LogP contribution in [0.4, 0.5) is 5.13 Å². The second kappa shape index (κ2) is 6.27. The summed E-state index contributed by atoms with van der Waals surface area (Å²) in [5.74, 6) is 0.746. The molecule has 106 valence electrons. The first-order valence-corrected chi connectivity index (χ1v) is 6.97. The Morgan fingerprint density at radius 3 is 2.68 bits per heavy atom. The molecule has 0 saturated carbocycles. The summed E-state index contributed by atoms with van der Waals surface area (Å²) in [6.07, 6.45) is 0. The van der Waals surface area contributed by atoms with E-state index in [1.807, 2.05) is 6.92 Å². The number of methoxy groups -OCH3 is 1. The number of piperazine rings is 1. The van der Waals surface area contributed by atoms with E-state index in [-0.39, 0.29) is 12.5 Å². The second-order valence-electron chi connectivity index (χ2n) is 4.50. The maximum atomic E-state index is 12.0. The van der Waals surface area contributed by atoms with Crippen LogP contribution in [0.15, 0.2) is 0 Å². The lowest BCUT2D eigenvalue weighted by Gasteiger charge is -2.35. The van der Waals surface area contributed by atoms with Gasteiger partial charge in [-0.3, -0.25) is 4.79 Å². The van der Waals surface area contributed by atoms with Gasteiger partial charge in [0.15, 0.2) is 0 Å². The highest BCUT2D eigenvalue weighted by atomic mass is 32.1. The zero-order valence-corrected chi connectivity index (χ0v) is 12.0. The molecule has 0 aromatic carbocycles. The molecule has 2 heterocycles. The number of nitrogens with zero attached hydrogens (tertiary/aromatic N) is 4. The topological polar surface area (TPSA) is 84.6 Å². The van der Waals surface area contributed by atoms with Crippen molar-refractivity contribution in [2.75, 3.05) is 44.8 Å². The molecule has 1 aromatic heterocycles. The van der Waals surface area contributed by atoms with Crippen LogP contribution in [0.3, 0.4) is 0 Å². The van der Waals surface area contributed by atoms with Gasteiger partial charge < -0.3 is 20.3 Å². The van der Waals surface area contributed by atoms with Crippen molar-refractivity contribution in [3.63, 3.8) is 0 Å². The molecule has 1 aliphatic heterocycles. The third kappa shape index (κ3) is 3.40. The summed E-state index contributed by atoms with van der Waals surface area (Å²) < 4.78 is 9.08. The van der Waals surface area contributed by atoms with Crippen LogP contribution >= 0.6 is 11.5 Å². The van der Waals surface area contributed by atoms with Gasteiger partial charge in [-0.2, -0.15) is 4.37 Å². The first kappa shape index (κ1) is 14.2. The molecule has 0 radical (unpaired) electrons. The van der Waals surface area contributed by atoms with Gasteiger partial charge in [-0.15, -0.1) is 0 Å². The van der Waals surface area contributed by atoms with Crippen molar-refractivity contribution in [2.24, 2.45) is 5.73 Å². The Morgan fingerprint density at radius 2 is 2.16 bits per heavy atom. The predicted octanol–water partition coefficient (Wildman–Crippen LogP) is -0.531. The third-order valence-electron chi connectivity index (χ3n) is 3.04. The molecule has 8 heteroatoms. The number of anilines is 1. The van der Waals surface area contributed by atoms with Crippen LogP contribution in [-0.4, -0.2) is 66.1 Å². The molecule has 1 amide bonds. The van der Waals surface area contributed by atoms with E-state index in [4.69, 9.17) is 10.5 Å². The van der Waals surface area contributed by atoms with Crippen LogP contribution in [0, 0.1) is 6.92 Å². The molecule has 1 unspecified atom stereocenters. The van der Waals surface area contributed by atoms with Crippen molar-refractivity contribution < 1.29 is 9.53 Å². The number of ether oxygens (including phenoxy) is 1. The molecule has 7 nitrogen and oxygen atoms in total. The molecule has 0 bridgehead atoms. The minimum atomic E-state index is -0.569. The average molecular weight is 285 g/mol. The van der Waals surface area contributed by atoms with E-state index in [2.05, 4.69) is 14.3 Å². The van der Waals surface area contributed by atoms with Gasteiger partial charge in [-0.05, 0) is 6.92 Å². The van der Waals surface area contributed by atoms with E-state index < -0.39 is 6.04 Å². The molecule has 1 aromatic rings. The number of aromatic nitrogens is 2. The summed E-state index contributed by atoms with van der Waals surface area (Å²) in [7, 11) is 1.54. The van der Waals surface area contributed by atoms with Gasteiger partial charge in [0.2, 0.25) is 11.0 Å². The van der Waals surface area contributed by atoms with Crippen molar-refractivity contribution in [1.82, 2.24) is 14.3 Å². The summed E-state index contributed by atoms with van der Waals surface area (Å²) in [6, 6.07) is -0.569. The Hall–Kier alpha value is -1.25.